The molecule has 1 aliphatic heterocycles. The number of aromatic amines is 1. The summed E-state index contributed by atoms with van der Waals surface area (Å²) < 4.78 is 5.61. The number of aromatic nitrogens is 2. The SMILES string of the molecule is C=c1nc2c(c(=O)[nH]1)=Nc1cc(C)c(C)cc1N2CCCCCCC(=O)OC1CCCCC1. The first-order valence-corrected chi connectivity index (χ1v) is 12.2. The zero-order valence-corrected chi connectivity index (χ0v) is 19.8. The van der Waals surface area contributed by atoms with Crippen molar-refractivity contribution >= 4 is 29.7 Å². The molecule has 2 aliphatic rings. The van der Waals surface area contributed by atoms with Gasteiger partial charge in [-0.1, -0.05) is 25.8 Å². The standard InChI is InChI=1S/C26H34N4O3/c1-17-15-21-22(16-18(17)2)30(25-24(29-21)26(32)28-19(3)27-25)14-10-5-4-9-13-23(31)33-20-11-7-6-8-12-20/h15-16,20H,3-14H2,1-2H3,(H,28,32). The molecule has 1 aliphatic carbocycles. The van der Waals surface area contributed by atoms with Crippen molar-refractivity contribution in [2.24, 2.45) is 4.99 Å². The van der Waals surface area contributed by atoms with Crippen LogP contribution < -0.4 is 21.3 Å². The zero-order chi connectivity index (χ0) is 23.4. The Morgan fingerprint density at radius 3 is 2.64 bits per heavy atom. The largest absolute Gasteiger partial charge is 0.462 e. The van der Waals surface area contributed by atoms with E-state index in [0.29, 0.717) is 23.1 Å². The molecule has 2 heterocycles. The molecule has 176 valence electrons. The van der Waals surface area contributed by atoms with Crippen LogP contribution in [0.2, 0.25) is 0 Å². The number of unbranched alkanes of at least 4 members (excludes halogenated alkanes) is 3. The van der Waals surface area contributed by atoms with Gasteiger partial charge in [-0.25, -0.2) is 9.98 Å². The molecule has 1 aromatic heterocycles. The highest BCUT2D eigenvalue weighted by atomic mass is 16.5. The molecule has 1 aromatic carbocycles. The van der Waals surface area contributed by atoms with Gasteiger partial charge in [0, 0.05) is 13.0 Å². The van der Waals surface area contributed by atoms with Crippen LogP contribution in [0.1, 0.15) is 75.3 Å². The molecule has 0 saturated heterocycles. The third kappa shape index (κ3) is 5.52. The Hall–Kier alpha value is -2.96. The average molecular weight is 451 g/mol. The van der Waals surface area contributed by atoms with Crippen molar-refractivity contribution in [2.45, 2.75) is 84.2 Å². The van der Waals surface area contributed by atoms with Crippen molar-refractivity contribution in [3.05, 3.63) is 44.5 Å². The molecule has 0 atom stereocenters. The molecule has 7 heteroatoms. The molecule has 2 aromatic rings. The Bertz CT molecular complexity index is 1180. The second kappa shape index (κ2) is 10.3. The van der Waals surface area contributed by atoms with Crippen LogP contribution >= 0.6 is 0 Å². The molecule has 1 saturated carbocycles. The minimum Gasteiger partial charge on any atom is -0.462 e. The predicted octanol–water partition coefficient (Wildman–Crippen LogP) is 4.03. The summed E-state index contributed by atoms with van der Waals surface area (Å²) in [5.41, 5.74) is 4.14. The number of benzene rings is 1. The van der Waals surface area contributed by atoms with E-state index in [1.807, 2.05) is 13.0 Å². The number of fused-ring (bicyclic) bond motifs is 2. The Morgan fingerprint density at radius 2 is 1.85 bits per heavy atom. The van der Waals surface area contributed by atoms with Crippen LogP contribution in [-0.4, -0.2) is 28.6 Å². The van der Waals surface area contributed by atoms with Gasteiger partial charge in [0.05, 0.1) is 11.4 Å². The molecule has 4 rings (SSSR count). The van der Waals surface area contributed by atoms with Crippen LogP contribution in [0.5, 0.6) is 0 Å². The quantitative estimate of drug-likeness (QED) is 0.485. The fraction of sp³-hybridized carbons (Fsp3) is 0.538. The number of esters is 1. The lowest BCUT2D eigenvalue weighted by Crippen LogP contribution is -2.42. The van der Waals surface area contributed by atoms with Crippen LogP contribution in [0, 0.1) is 13.8 Å². The number of carbonyl (C=O) groups excluding carboxylic acids is 1. The van der Waals surface area contributed by atoms with Crippen LogP contribution in [-0.2, 0) is 9.53 Å². The second-order valence-electron chi connectivity index (χ2n) is 9.29. The highest BCUT2D eigenvalue weighted by molar-refractivity contribution is 5.77. The molecule has 7 nitrogen and oxygen atoms in total. The summed E-state index contributed by atoms with van der Waals surface area (Å²) >= 11 is 0. The number of nitrogens with one attached hydrogen (secondary N) is 1. The number of ether oxygens (including phenoxy) is 1. The van der Waals surface area contributed by atoms with Gasteiger partial charge < -0.3 is 14.6 Å². The monoisotopic (exact) mass is 450 g/mol. The number of aryl methyl sites for hydroxylation is 2. The maximum atomic E-state index is 12.5. The zero-order valence-electron chi connectivity index (χ0n) is 19.8. The van der Waals surface area contributed by atoms with Crippen molar-refractivity contribution in [2.75, 3.05) is 11.4 Å². The van der Waals surface area contributed by atoms with Gasteiger partial charge in [-0.05, 0) is 75.6 Å². The minimum absolute atomic E-state index is 0.0559. The van der Waals surface area contributed by atoms with E-state index in [2.05, 4.69) is 39.4 Å². The molecule has 1 N–H and O–H groups in total. The van der Waals surface area contributed by atoms with E-state index in [-0.39, 0.29) is 17.6 Å². The van der Waals surface area contributed by atoms with Gasteiger partial charge in [-0.15, -0.1) is 0 Å². The molecule has 0 radical (unpaired) electrons. The van der Waals surface area contributed by atoms with Gasteiger partial charge in [0.25, 0.3) is 5.56 Å². The summed E-state index contributed by atoms with van der Waals surface area (Å²) in [4.78, 5) is 38.5. The summed E-state index contributed by atoms with van der Waals surface area (Å²) in [5.74, 6) is 0.509. The number of H-pyrrole nitrogens is 1. The predicted molar refractivity (Wildman–Crippen MR) is 130 cm³/mol. The smallest absolute Gasteiger partial charge is 0.306 e. The summed E-state index contributed by atoms with van der Waals surface area (Å²) in [7, 11) is 0. The van der Waals surface area contributed by atoms with E-state index in [4.69, 9.17) is 4.74 Å². The minimum atomic E-state index is -0.268. The number of carbonyl (C=O) groups is 1. The third-order valence-electron chi connectivity index (χ3n) is 6.66. The molecule has 0 spiro atoms. The maximum Gasteiger partial charge on any atom is 0.306 e. The Kier molecular flexibility index (Phi) is 7.26. The van der Waals surface area contributed by atoms with E-state index < -0.39 is 0 Å². The average Bonchev–Trinajstić information content (AvgIpc) is 2.78. The normalized spacial score (nSPS) is 15.5. The van der Waals surface area contributed by atoms with Gasteiger partial charge in [-0.3, -0.25) is 9.59 Å². The molecule has 0 amide bonds. The molecule has 0 unspecified atom stereocenters. The lowest BCUT2D eigenvalue weighted by Gasteiger charge is -2.28. The van der Waals surface area contributed by atoms with E-state index in [9.17, 15) is 9.59 Å². The highest BCUT2D eigenvalue weighted by Crippen LogP contribution is 2.36. The van der Waals surface area contributed by atoms with E-state index in [0.717, 1.165) is 62.0 Å². The molecular weight excluding hydrogens is 416 g/mol. The van der Waals surface area contributed by atoms with Crippen molar-refractivity contribution in [3.63, 3.8) is 0 Å². The van der Waals surface area contributed by atoms with Crippen molar-refractivity contribution < 1.29 is 9.53 Å². The Balaban J connectivity index is 1.36. The van der Waals surface area contributed by atoms with E-state index in [1.54, 1.807) is 0 Å². The van der Waals surface area contributed by atoms with Crippen molar-refractivity contribution in [1.82, 2.24) is 9.97 Å². The topological polar surface area (TPSA) is 87.7 Å². The highest BCUT2D eigenvalue weighted by Gasteiger charge is 2.23. The van der Waals surface area contributed by atoms with Crippen molar-refractivity contribution in [1.29, 1.82) is 0 Å². The molecule has 0 bridgehead atoms. The third-order valence-corrected chi connectivity index (χ3v) is 6.66. The Morgan fingerprint density at radius 1 is 1.12 bits per heavy atom. The number of nitrogens with zero attached hydrogens (tertiary/aromatic N) is 3. The van der Waals surface area contributed by atoms with Crippen LogP contribution in [0.25, 0.3) is 6.58 Å². The number of rotatable bonds is 8. The first kappa shape index (κ1) is 23.2. The summed E-state index contributed by atoms with van der Waals surface area (Å²) in [6, 6.07) is 4.14. The first-order chi connectivity index (χ1) is 15.9. The fourth-order valence-electron chi connectivity index (χ4n) is 4.66. The summed E-state index contributed by atoms with van der Waals surface area (Å²) in [5, 5.41) is 0.337. The summed E-state index contributed by atoms with van der Waals surface area (Å²) in [6.07, 6.45) is 9.97. The fourth-order valence-corrected chi connectivity index (χ4v) is 4.66. The number of hydrogen-bond acceptors (Lipinski definition) is 6. The second-order valence-corrected chi connectivity index (χ2v) is 9.29. The number of hydrogen-bond donors (Lipinski definition) is 1. The van der Waals surface area contributed by atoms with Crippen molar-refractivity contribution in [3.8, 4) is 0 Å². The van der Waals surface area contributed by atoms with Crippen LogP contribution in [0.3, 0.4) is 0 Å². The van der Waals surface area contributed by atoms with Crippen LogP contribution in [0.4, 0.5) is 17.2 Å². The van der Waals surface area contributed by atoms with Gasteiger partial charge in [0.2, 0.25) is 0 Å². The molecule has 1 fully saturated rings. The maximum absolute atomic E-state index is 12.5. The summed E-state index contributed by atoms with van der Waals surface area (Å²) in [6.45, 7) is 8.66. The van der Waals surface area contributed by atoms with Gasteiger partial charge in [0.15, 0.2) is 11.2 Å². The van der Waals surface area contributed by atoms with Gasteiger partial charge >= 0.3 is 5.97 Å². The molecule has 33 heavy (non-hydrogen) atoms. The molecular formula is C26H34N4O3. The first-order valence-electron chi connectivity index (χ1n) is 12.2. The van der Waals surface area contributed by atoms with E-state index in [1.165, 1.54) is 24.8 Å². The lowest BCUT2D eigenvalue weighted by atomic mass is 9.98. The van der Waals surface area contributed by atoms with E-state index >= 15 is 0 Å². The Labute approximate surface area is 194 Å². The lowest BCUT2D eigenvalue weighted by molar-refractivity contribution is -0.150. The van der Waals surface area contributed by atoms with Crippen LogP contribution in [0.15, 0.2) is 21.9 Å². The number of anilines is 2. The van der Waals surface area contributed by atoms with Gasteiger partial charge in [-0.2, -0.15) is 0 Å². The van der Waals surface area contributed by atoms with Gasteiger partial charge in [0.1, 0.15) is 11.6 Å².